The second-order valence-corrected chi connectivity index (χ2v) is 11.3. The Hall–Kier alpha value is -2.29. The largest absolute Gasteiger partial charge is 0.319 e. The summed E-state index contributed by atoms with van der Waals surface area (Å²) >= 11 is 1.49. The molecule has 0 N–H and O–H groups in total. The fourth-order valence-corrected chi connectivity index (χ4v) is 6.44. The number of nitrogens with zero attached hydrogens (tertiary/aromatic N) is 3. The van der Waals surface area contributed by atoms with Crippen molar-refractivity contribution in [3.05, 3.63) is 57.9 Å². The highest BCUT2D eigenvalue weighted by Gasteiger charge is 2.23. The van der Waals surface area contributed by atoms with Gasteiger partial charge in [-0.25, -0.2) is 8.42 Å². The Morgan fingerprint density at radius 1 is 0.970 bits per heavy atom. The SMILES string of the molecule is CCCCN(CCCC)S(=O)(=O)c1ccc(C(=O)N=c2sc3c(C)ccc(C)c3n2C)cc1. The van der Waals surface area contributed by atoms with Gasteiger partial charge in [0.1, 0.15) is 0 Å². The highest BCUT2D eigenvalue weighted by atomic mass is 32.2. The van der Waals surface area contributed by atoms with Gasteiger partial charge in [0.2, 0.25) is 10.0 Å². The van der Waals surface area contributed by atoms with Crippen molar-refractivity contribution in [2.75, 3.05) is 13.1 Å². The van der Waals surface area contributed by atoms with Crippen LogP contribution in [0.5, 0.6) is 0 Å². The van der Waals surface area contributed by atoms with Gasteiger partial charge in [-0.05, 0) is 62.1 Å². The van der Waals surface area contributed by atoms with Crippen molar-refractivity contribution in [3.63, 3.8) is 0 Å². The molecule has 1 aromatic heterocycles. The number of carbonyl (C=O) groups excluding carboxylic acids is 1. The predicted octanol–water partition coefficient (Wildman–Crippen LogP) is 5.19. The highest BCUT2D eigenvalue weighted by Crippen LogP contribution is 2.24. The van der Waals surface area contributed by atoms with Crippen LogP contribution in [0.4, 0.5) is 0 Å². The molecule has 1 heterocycles. The lowest BCUT2D eigenvalue weighted by molar-refractivity contribution is 0.0998. The third-order valence-electron chi connectivity index (χ3n) is 5.80. The Labute approximate surface area is 200 Å². The molecule has 178 valence electrons. The molecule has 3 rings (SSSR count). The van der Waals surface area contributed by atoms with Crippen molar-refractivity contribution in [2.24, 2.45) is 12.0 Å². The Bertz CT molecular complexity index is 1300. The Kier molecular flexibility index (Phi) is 8.26. The van der Waals surface area contributed by atoms with Crippen LogP contribution in [0.3, 0.4) is 0 Å². The molecule has 1 amide bonds. The molecule has 6 nitrogen and oxygen atoms in total. The molecule has 8 heteroatoms. The number of aryl methyl sites for hydroxylation is 3. The van der Waals surface area contributed by atoms with E-state index in [0.29, 0.717) is 23.5 Å². The normalized spacial score (nSPS) is 12.7. The average Bonchev–Trinajstić information content (AvgIpc) is 3.13. The van der Waals surface area contributed by atoms with Crippen LogP contribution in [0.15, 0.2) is 46.3 Å². The van der Waals surface area contributed by atoms with Gasteiger partial charge in [0.15, 0.2) is 4.80 Å². The van der Waals surface area contributed by atoms with Gasteiger partial charge in [0.25, 0.3) is 5.91 Å². The summed E-state index contributed by atoms with van der Waals surface area (Å²) in [5, 5.41) is 0. The smallest absolute Gasteiger partial charge is 0.279 e. The van der Waals surface area contributed by atoms with Gasteiger partial charge in [0.05, 0.1) is 15.1 Å². The maximum Gasteiger partial charge on any atom is 0.279 e. The molecule has 0 bridgehead atoms. The maximum atomic E-state index is 13.1. The van der Waals surface area contributed by atoms with Gasteiger partial charge >= 0.3 is 0 Å². The first-order valence-electron chi connectivity index (χ1n) is 11.5. The Morgan fingerprint density at radius 3 is 2.09 bits per heavy atom. The van der Waals surface area contributed by atoms with Crippen LogP contribution in [0, 0.1) is 13.8 Å². The molecular formula is C25H33N3O3S2. The van der Waals surface area contributed by atoms with E-state index in [2.05, 4.69) is 17.1 Å². The standard InChI is InChI=1S/C25H33N3O3S2/c1-6-8-16-28(17-9-7-2)33(30,31)21-14-12-20(13-15-21)24(29)26-25-27(5)22-18(3)10-11-19(4)23(22)32-25/h10-15H,6-9,16-17H2,1-5H3. The van der Waals surface area contributed by atoms with Crippen LogP contribution < -0.4 is 4.80 Å². The summed E-state index contributed by atoms with van der Waals surface area (Å²) in [4.78, 5) is 18.0. The number of hydrogen-bond donors (Lipinski definition) is 0. The van der Waals surface area contributed by atoms with Crippen LogP contribution in [-0.2, 0) is 17.1 Å². The summed E-state index contributed by atoms with van der Waals surface area (Å²) in [6, 6.07) is 10.3. The second kappa shape index (κ2) is 10.8. The molecule has 0 unspecified atom stereocenters. The first-order chi connectivity index (χ1) is 15.7. The molecule has 2 aromatic carbocycles. The maximum absolute atomic E-state index is 13.1. The minimum Gasteiger partial charge on any atom is -0.319 e. The molecule has 0 fully saturated rings. The van der Waals surface area contributed by atoms with Crippen molar-refractivity contribution in [3.8, 4) is 0 Å². The zero-order chi connectivity index (χ0) is 24.2. The summed E-state index contributed by atoms with van der Waals surface area (Å²) in [5.74, 6) is -0.384. The first kappa shape index (κ1) is 25.3. The van der Waals surface area contributed by atoms with Gasteiger partial charge < -0.3 is 4.57 Å². The Morgan fingerprint density at radius 2 is 1.55 bits per heavy atom. The van der Waals surface area contributed by atoms with Crippen molar-refractivity contribution in [1.29, 1.82) is 0 Å². The minimum absolute atomic E-state index is 0.213. The first-order valence-corrected chi connectivity index (χ1v) is 13.7. The number of benzene rings is 2. The lowest BCUT2D eigenvalue weighted by Gasteiger charge is -2.22. The molecule has 3 aromatic rings. The topological polar surface area (TPSA) is 71.7 Å². The third-order valence-corrected chi connectivity index (χ3v) is 8.98. The van der Waals surface area contributed by atoms with E-state index >= 15 is 0 Å². The number of carbonyl (C=O) groups is 1. The van der Waals surface area contributed by atoms with E-state index in [1.165, 1.54) is 23.5 Å². The lowest BCUT2D eigenvalue weighted by Crippen LogP contribution is -2.33. The second-order valence-electron chi connectivity index (χ2n) is 8.37. The number of aromatic nitrogens is 1. The summed E-state index contributed by atoms with van der Waals surface area (Å²) in [5.41, 5.74) is 3.73. The van der Waals surface area contributed by atoms with E-state index in [0.717, 1.165) is 47.0 Å². The van der Waals surface area contributed by atoms with Crippen molar-refractivity contribution >= 4 is 37.5 Å². The van der Waals surface area contributed by atoms with Crippen LogP contribution in [-0.4, -0.2) is 36.3 Å². The molecule has 0 spiro atoms. The van der Waals surface area contributed by atoms with Gasteiger partial charge in [-0.3, -0.25) is 4.79 Å². The highest BCUT2D eigenvalue weighted by molar-refractivity contribution is 7.89. The molecule has 0 radical (unpaired) electrons. The van der Waals surface area contributed by atoms with E-state index < -0.39 is 10.0 Å². The summed E-state index contributed by atoms with van der Waals surface area (Å²) in [6.07, 6.45) is 3.51. The number of amides is 1. The van der Waals surface area contributed by atoms with Crippen LogP contribution in [0.1, 0.15) is 61.0 Å². The zero-order valence-corrected chi connectivity index (χ0v) is 21.7. The monoisotopic (exact) mass is 487 g/mol. The van der Waals surface area contributed by atoms with E-state index in [1.54, 1.807) is 16.4 Å². The van der Waals surface area contributed by atoms with Crippen LogP contribution >= 0.6 is 11.3 Å². The Balaban J connectivity index is 1.90. The van der Waals surface area contributed by atoms with E-state index in [-0.39, 0.29) is 10.8 Å². The summed E-state index contributed by atoms with van der Waals surface area (Å²) in [6.45, 7) is 9.21. The van der Waals surface area contributed by atoms with Crippen LogP contribution in [0.25, 0.3) is 10.2 Å². The molecule has 0 atom stereocenters. The molecule has 33 heavy (non-hydrogen) atoms. The minimum atomic E-state index is -3.59. The number of sulfonamides is 1. The van der Waals surface area contributed by atoms with Crippen molar-refractivity contribution < 1.29 is 13.2 Å². The summed E-state index contributed by atoms with van der Waals surface area (Å²) < 4.78 is 30.9. The molecule has 0 aliphatic carbocycles. The van der Waals surface area contributed by atoms with Gasteiger partial charge in [-0.1, -0.05) is 50.2 Å². The molecule has 0 aliphatic rings. The number of thiazole rings is 1. The number of hydrogen-bond acceptors (Lipinski definition) is 4. The molecular weight excluding hydrogens is 454 g/mol. The van der Waals surface area contributed by atoms with Gasteiger partial charge in [-0.15, -0.1) is 0 Å². The third kappa shape index (κ3) is 5.45. The van der Waals surface area contributed by atoms with E-state index in [1.807, 2.05) is 39.3 Å². The van der Waals surface area contributed by atoms with Gasteiger partial charge in [-0.2, -0.15) is 9.30 Å². The fraction of sp³-hybridized carbons (Fsp3) is 0.440. The predicted molar refractivity (Wildman–Crippen MR) is 135 cm³/mol. The quantitative estimate of drug-likeness (QED) is 0.417. The summed E-state index contributed by atoms with van der Waals surface area (Å²) in [7, 11) is -1.68. The molecule has 0 saturated heterocycles. The van der Waals surface area contributed by atoms with E-state index in [9.17, 15) is 13.2 Å². The van der Waals surface area contributed by atoms with Crippen molar-refractivity contribution in [1.82, 2.24) is 8.87 Å². The van der Waals surface area contributed by atoms with E-state index in [4.69, 9.17) is 0 Å². The average molecular weight is 488 g/mol. The van der Waals surface area contributed by atoms with Crippen LogP contribution in [0.2, 0.25) is 0 Å². The molecule has 0 aliphatic heterocycles. The fourth-order valence-electron chi connectivity index (χ4n) is 3.76. The number of rotatable bonds is 9. The zero-order valence-electron chi connectivity index (χ0n) is 20.1. The number of fused-ring (bicyclic) bond motifs is 1. The van der Waals surface area contributed by atoms with Crippen molar-refractivity contribution in [2.45, 2.75) is 58.3 Å². The lowest BCUT2D eigenvalue weighted by atomic mass is 10.1. The molecule has 0 saturated carbocycles. The number of unbranched alkanes of at least 4 members (excludes halogenated alkanes) is 2. The van der Waals surface area contributed by atoms with Gasteiger partial charge in [0, 0.05) is 25.7 Å².